The minimum atomic E-state index is -5.67. The van der Waals surface area contributed by atoms with Crippen molar-refractivity contribution in [3.8, 4) is 65.6 Å². The number of hydrogen-bond donors (Lipinski definition) is 0. The molecular formula is C61H50F6N2O3S2. The van der Waals surface area contributed by atoms with Gasteiger partial charge in [0.2, 0.25) is 5.36 Å². The van der Waals surface area contributed by atoms with Crippen LogP contribution in [0.3, 0.4) is 0 Å². The first-order chi connectivity index (χ1) is 35.4. The molecule has 13 heteroatoms. The fourth-order valence-corrected chi connectivity index (χ4v) is 12.4. The molecule has 2 aliphatic carbocycles. The summed E-state index contributed by atoms with van der Waals surface area (Å²) in [5.74, 6) is -16.7. The summed E-state index contributed by atoms with van der Waals surface area (Å²) in [6.45, 7) is 14.5. The van der Waals surface area contributed by atoms with E-state index in [1.54, 1.807) is 54.6 Å². The molecule has 0 N–H and O–H groups in total. The summed E-state index contributed by atoms with van der Waals surface area (Å²) >= 11 is 2.15. The van der Waals surface area contributed by atoms with Gasteiger partial charge in [0, 0.05) is 83.6 Å². The zero-order valence-corrected chi connectivity index (χ0v) is 43.0. The van der Waals surface area contributed by atoms with Crippen LogP contribution in [0.2, 0.25) is 0 Å². The van der Waals surface area contributed by atoms with Gasteiger partial charge in [-0.3, -0.25) is 0 Å². The summed E-state index contributed by atoms with van der Waals surface area (Å²) in [4.78, 5) is 16.5. The summed E-state index contributed by atoms with van der Waals surface area (Å²) in [6.07, 6.45) is 0. The van der Waals surface area contributed by atoms with Gasteiger partial charge in [0.15, 0.2) is 0 Å². The molecule has 3 aliphatic rings. The van der Waals surface area contributed by atoms with Gasteiger partial charge in [0.1, 0.15) is 24.4 Å². The SMILES string of the molecule is CCN(CC)c1ccc2c(-c3cc(-c4ccc(-c5ccc(-c6cc(C7=C(c8cc(-c9ccccc9)sc8C)C(F)(F)C(F)(F)C7(F)F)c(C)s6)cc5)cc4)ccc3C(=O)[O-])c3ccc(=[N+](CC)CC)cc-3oc2c1. The zero-order valence-electron chi connectivity index (χ0n) is 41.4. The van der Waals surface area contributed by atoms with Gasteiger partial charge in [-0.2, -0.15) is 26.3 Å². The molecule has 0 saturated carbocycles. The maximum absolute atomic E-state index is 16.0. The number of halogens is 6. The number of carbonyl (C=O) groups is 1. The third kappa shape index (κ3) is 8.34. The summed E-state index contributed by atoms with van der Waals surface area (Å²) in [6, 6.07) is 43.6. The van der Waals surface area contributed by atoms with Gasteiger partial charge >= 0.3 is 17.8 Å². The van der Waals surface area contributed by atoms with Crippen molar-refractivity contribution in [1.82, 2.24) is 4.58 Å². The molecule has 0 unspecified atom stereocenters. The van der Waals surface area contributed by atoms with Gasteiger partial charge in [-0.1, -0.05) is 91.0 Å². The Labute approximate surface area is 433 Å². The lowest BCUT2D eigenvalue weighted by atomic mass is 9.88. The van der Waals surface area contributed by atoms with Crippen LogP contribution in [0.15, 0.2) is 150 Å². The van der Waals surface area contributed by atoms with Crippen molar-refractivity contribution in [3.63, 3.8) is 0 Å². The minimum Gasteiger partial charge on any atom is -0.545 e. The summed E-state index contributed by atoms with van der Waals surface area (Å²) in [5, 5.41) is 14.7. The second-order valence-electron chi connectivity index (χ2n) is 18.4. The van der Waals surface area contributed by atoms with Crippen molar-refractivity contribution in [3.05, 3.63) is 177 Å². The highest BCUT2D eigenvalue weighted by Crippen LogP contribution is 2.66. The van der Waals surface area contributed by atoms with Crippen LogP contribution in [-0.2, 0) is 0 Å². The van der Waals surface area contributed by atoms with E-state index in [2.05, 4.69) is 37.2 Å². The first kappa shape index (κ1) is 50.3. The normalized spacial score (nSPS) is 14.8. The van der Waals surface area contributed by atoms with E-state index >= 15 is 26.3 Å². The number of hydrogen-bond acceptors (Lipinski definition) is 6. The minimum absolute atomic E-state index is 0.0351. The number of carbonyl (C=O) groups excluding carboxylic acids is 1. The third-order valence-corrected chi connectivity index (χ3v) is 16.5. The van der Waals surface area contributed by atoms with Gasteiger partial charge < -0.3 is 19.2 Å². The third-order valence-electron chi connectivity index (χ3n) is 14.3. The van der Waals surface area contributed by atoms with Crippen molar-refractivity contribution in [2.45, 2.75) is 59.3 Å². The number of carboxylic acids is 1. The van der Waals surface area contributed by atoms with Gasteiger partial charge in [0.25, 0.3) is 0 Å². The monoisotopic (exact) mass is 1040 g/mol. The summed E-state index contributed by atoms with van der Waals surface area (Å²) in [5.41, 5.74) is 4.69. The number of nitrogens with zero attached hydrogens (tertiary/aromatic N) is 2. The number of aromatic carboxylic acids is 1. The van der Waals surface area contributed by atoms with Crippen LogP contribution in [0.1, 0.15) is 58.9 Å². The molecule has 3 heterocycles. The lowest BCUT2D eigenvalue weighted by Gasteiger charge is -2.25. The predicted molar refractivity (Wildman–Crippen MR) is 288 cm³/mol. The molecule has 0 fully saturated rings. The molecule has 2 aromatic heterocycles. The van der Waals surface area contributed by atoms with E-state index in [-0.39, 0.29) is 26.4 Å². The van der Waals surface area contributed by atoms with E-state index in [0.29, 0.717) is 43.4 Å². The van der Waals surface area contributed by atoms with Gasteiger partial charge in [-0.05, 0) is 128 Å². The number of thiophene rings is 2. The summed E-state index contributed by atoms with van der Waals surface area (Å²) in [7, 11) is 0. The van der Waals surface area contributed by atoms with E-state index in [4.69, 9.17) is 4.42 Å². The maximum Gasteiger partial charge on any atom is 0.380 e. The smallest absolute Gasteiger partial charge is 0.380 e. The van der Waals surface area contributed by atoms with Crippen LogP contribution in [0.4, 0.5) is 32.0 Å². The molecule has 0 radical (unpaired) electrons. The predicted octanol–water partition coefficient (Wildman–Crippen LogP) is 15.5. The molecule has 1 aliphatic heterocycles. The first-order valence-electron chi connectivity index (χ1n) is 24.5. The van der Waals surface area contributed by atoms with E-state index < -0.39 is 34.9 Å². The lowest BCUT2D eigenvalue weighted by Crippen LogP contribution is -2.48. The Morgan fingerprint density at radius 1 is 0.568 bits per heavy atom. The van der Waals surface area contributed by atoms with Crippen LogP contribution in [0.5, 0.6) is 0 Å². The second kappa shape index (κ2) is 19.2. The highest BCUT2D eigenvalue weighted by Gasteiger charge is 2.80. The summed E-state index contributed by atoms with van der Waals surface area (Å²) < 4.78 is 103. The van der Waals surface area contributed by atoms with Crippen molar-refractivity contribution >= 4 is 56.4 Å². The number of alkyl halides is 6. The number of benzene rings is 6. The molecule has 0 saturated heterocycles. The number of allylic oxidation sites excluding steroid dienone is 2. The first-order valence-corrected chi connectivity index (χ1v) is 26.1. The molecule has 0 bridgehead atoms. The van der Waals surface area contributed by atoms with E-state index in [0.717, 1.165) is 93.1 Å². The number of carboxylic acid groups (broad SMARTS) is 1. The molecule has 7 aromatic rings. The molecule has 376 valence electrons. The van der Waals surface area contributed by atoms with Gasteiger partial charge in [0.05, 0.1) is 12.0 Å². The fourth-order valence-electron chi connectivity index (χ4n) is 10.3. The Hall–Kier alpha value is -7.22. The average molecular weight is 1040 g/mol. The Morgan fingerprint density at radius 3 is 1.61 bits per heavy atom. The molecular weight excluding hydrogens is 987 g/mol. The average Bonchev–Trinajstić information content (AvgIpc) is 4.02. The molecule has 5 aromatic carbocycles. The van der Waals surface area contributed by atoms with Crippen LogP contribution in [0.25, 0.3) is 87.7 Å². The quantitative estimate of drug-likeness (QED) is 0.0656. The van der Waals surface area contributed by atoms with Crippen LogP contribution >= 0.6 is 22.7 Å². The van der Waals surface area contributed by atoms with Crippen molar-refractivity contribution < 1.29 is 40.7 Å². The Balaban J connectivity index is 0.995. The molecule has 10 rings (SSSR count). The zero-order chi connectivity index (χ0) is 52.4. The van der Waals surface area contributed by atoms with E-state index in [1.807, 2.05) is 78.9 Å². The molecule has 0 amide bonds. The fraction of sp³-hybridized carbons (Fsp3) is 0.213. The highest BCUT2D eigenvalue weighted by molar-refractivity contribution is 7.16. The van der Waals surface area contributed by atoms with Crippen molar-refractivity contribution in [2.75, 3.05) is 31.1 Å². The highest BCUT2D eigenvalue weighted by atomic mass is 32.1. The van der Waals surface area contributed by atoms with Crippen molar-refractivity contribution in [1.29, 1.82) is 0 Å². The number of rotatable bonds is 13. The Morgan fingerprint density at radius 2 is 1.08 bits per heavy atom. The lowest BCUT2D eigenvalue weighted by molar-refractivity contribution is -0.255. The molecule has 0 atom stereocenters. The van der Waals surface area contributed by atoms with Crippen LogP contribution < -0.4 is 19.9 Å². The van der Waals surface area contributed by atoms with Crippen molar-refractivity contribution in [2.24, 2.45) is 0 Å². The molecule has 5 nitrogen and oxygen atoms in total. The van der Waals surface area contributed by atoms with E-state index in [9.17, 15) is 9.90 Å². The largest absolute Gasteiger partial charge is 0.545 e. The second-order valence-corrected chi connectivity index (χ2v) is 20.9. The topological polar surface area (TPSA) is 59.5 Å². The Kier molecular flexibility index (Phi) is 13.1. The molecule has 0 spiro atoms. The van der Waals surface area contributed by atoms with E-state index in [1.165, 1.54) is 26.0 Å². The number of fused-ring (bicyclic) bond motifs is 2. The Bertz CT molecular complexity index is 3690. The van der Waals surface area contributed by atoms with Crippen LogP contribution in [-0.4, -0.2) is 49.9 Å². The van der Waals surface area contributed by atoms with Gasteiger partial charge in [-0.25, -0.2) is 4.58 Å². The number of anilines is 1. The standard InChI is InChI=1S/C61H50F6N2O3S2/c1-7-68(8-2)43-25-28-46-51(31-43)72-52-32-44(69(9-3)10-4)26-29-47(52)55(46)50-30-42(24-27-45(50)58(70)71)39-18-16-37(17-19-39)38-20-22-41(23-21-38)54-34-49(36(6)74-54)57-56(59(62,63)61(66,67)60(57,64)65)48-33-53(73-35(48)5)40-14-12-11-13-15-40/h11-34H,7-10H2,1-6H3. The van der Waals surface area contributed by atoms with Gasteiger partial charge in [-0.15, -0.1) is 22.7 Å². The molecule has 74 heavy (non-hydrogen) atoms. The number of aryl methyl sites for hydroxylation is 2. The van der Waals surface area contributed by atoms with Crippen LogP contribution in [0, 0.1) is 13.8 Å². The maximum atomic E-state index is 16.0.